The first-order chi connectivity index (χ1) is 9.97. The van der Waals surface area contributed by atoms with E-state index in [2.05, 4.69) is 29.4 Å². The molecular formula is C15H20N4OS. The van der Waals surface area contributed by atoms with E-state index in [0.717, 1.165) is 17.7 Å². The summed E-state index contributed by atoms with van der Waals surface area (Å²) in [5.41, 5.74) is 1.87. The first-order valence-corrected chi connectivity index (χ1v) is 7.89. The lowest BCUT2D eigenvalue weighted by Gasteiger charge is -2.11. The predicted octanol–water partition coefficient (Wildman–Crippen LogP) is 3.00. The van der Waals surface area contributed by atoms with Crippen LogP contribution in [0.3, 0.4) is 0 Å². The summed E-state index contributed by atoms with van der Waals surface area (Å²) in [7, 11) is 0. The van der Waals surface area contributed by atoms with Crippen molar-refractivity contribution in [1.29, 1.82) is 0 Å². The maximum atomic E-state index is 12.4. The Hall–Kier alpha value is -1.69. The van der Waals surface area contributed by atoms with E-state index in [9.17, 15) is 4.79 Å². The summed E-state index contributed by atoms with van der Waals surface area (Å²) in [5, 5.41) is 12.2. The Labute approximate surface area is 129 Å². The Morgan fingerprint density at radius 3 is 2.52 bits per heavy atom. The lowest BCUT2D eigenvalue weighted by atomic mass is 10.1. The number of carbonyl (C=O) groups is 1. The van der Waals surface area contributed by atoms with Gasteiger partial charge in [0.05, 0.1) is 5.25 Å². The number of aromatic nitrogens is 4. The van der Waals surface area contributed by atoms with E-state index >= 15 is 0 Å². The molecule has 5 nitrogen and oxygen atoms in total. The van der Waals surface area contributed by atoms with Crippen LogP contribution in [0.2, 0.25) is 0 Å². The van der Waals surface area contributed by atoms with E-state index in [0.29, 0.717) is 11.1 Å². The molecule has 21 heavy (non-hydrogen) atoms. The van der Waals surface area contributed by atoms with Crippen molar-refractivity contribution < 1.29 is 4.79 Å². The van der Waals surface area contributed by atoms with Crippen molar-refractivity contribution >= 4 is 17.5 Å². The van der Waals surface area contributed by atoms with Crippen LogP contribution < -0.4 is 0 Å². The fourth-order valence-electron chi connectivity index (χ4n) is 1.91. The fraction of sp³-hybridized carbons (Fsp3) is 0.467. The second-order valence-electron chi connectivity index (χ2n) is 5.53. The molecule has 112 valence electrons. The number of Topliss-reactive ketones (excluding diaryl/α,β-unsaturated/α-hetero) is 1. The summed E-state index contributed by atoms with van der Waals surface area (Å²) >= 11 is 1.40. The Kier molecular flexibility index (Phi) is 5.12. The Morgan fingerprint density at radius 1 is 1.24 bits per heavy atom. The van der Waals surface area contributed by atoms with Crippen LogP contribution in [0.5, 0.6) is 0 Å². The molecule has 0 amide bonds. The van der Waals surface area contributed by atoms with Crippen molar-refractivity contribution in [3.63, 3.8) is 0 Å². The molecule has 0 aliphatic carbocycles. The molecule has 2 rings (SSSR count). The molecule has 2 aromatic rings. The number of hydrogen-bond acceptors (Lipinski definition) is 5. The zero-order valence-electron chi connectivity index (χ0n) is 12.8. The van der Waals surface area contributed by atoms with E-state index in [1.807, 2.05) is 38.1 Å². The molecule has 1 aromatic heterocycles. The Morgan fingerprint density at radius 2 is 1.90 bits per heavy atom. The van der Waals surface area contributed by atoms with Crippen molar-refractivity contribution in [3.05, 3.63) is 35.4 Å². The third-order valence-corrected chi connectivity index (χ3v) is 4.10. The highest BCUT2D eigenvalue weighted by molar-refractivity contribution is 8.00. The SMILES string of the molecule is Cc1ccc(C(=O)C(C)Sc2nnnn2CC(C)C)cc1. The van der Waals surface area contributed by atoms with E-state index in [1.165, 1.54) is 11.8 Å². The van der Waals surface area contributed by atoms with Crippen molar-refractivity contribution in [2.24, 2.45) is 5.92 Å². The largest absolute Gasteiger partial charge is 0.293 e. The van der Waals surface area contributed by atoms with Gasteiger partial charge in [-0.3, -0.25) is 4.79 Å². The standard InChI is InChI=1S/C15H20N4OS/c1-10(2)9-19-15(16-17-18-19)21-12(4)14(20)13-7-5-11(3)6-8-13/h5-8,10,12H,9H2,1-4H3. The minimum absolute atomic E-state index is 0.0964. The summed E-state index contributed by atoms with van der Waals surface area (Å²) in [4.78, 5) is 12.4. The van der Waals surface area contributed by atoms with Gasteiger partial charge >= 0.3 is 0 Å². The van der Waals surface area contributed by atoms with Crippen molar-refractivity contribution in [2.45, 2.75) is 44.6 Å². The predicted molar refractivity (Wildman–Crippen MR) is 83.5 cm³/mol. The van der Waals surface area contributed by atoms with Gasteiger partial charge in [-0.15, -0.1) is 5.10 Å². The number of carbonyl (C=O) groups excluding carboxylic acids is 1. The van der Waals surface area contributed by atoms with Gasteiger partial charge in [0.2, 0.25) is 5.16 Å². The number of tetrazole rings is 1. The number of ketones is 1. The molecule has 0 spiro atoms. The number of hydrogen-bond donors (Lipinski definition) is 0. The smallest absolute Gasteiger partial charge is 0.210 e. The first kappa shape index (κ1) is 15.7. The molecule has 6 heteroatoms. The van der Waals surface area contributed by atoms with E-state index in [4.69, 9.17) is 0 Å². The third kappa shape index (κ3) is 4.14. The number of aryl methyl sites for hydroxylation is 1. The fourth-order valence-corrected chi connectivity index (χ4v) is 2.78. The van der Waals surface area contributed by atoms with Gasteiger partial charge < -0.3 is 0 Å². The summed E-state index contributed by atoms with van der Waals surface area (Å²) in [5.74, 6) is 0.551. The average molecular weight is 304 g/mol. The van der Waals surface area contributed by atoms with Gasteiger partial charge in [0.1, 0.15) is 0 Å². The zero-order valence-corrected chi connectivity index (χ0v) is 13.6. The highest BCUT2D eigenvalue weighted by atomic mass is 32.2. The molecular weight excluding hydrogens is 284 g/mol. The maximum absolute atomic E-state index is 12.4. The van der Waals surface area contributed by atoms with Crippen LogP contribution in [0.4, 0.5) is 0 Å². The van der Waals surface area contributed by atoms with Crippen molar-refractivity contribution in [1.82, 2.24) is 20.2 Å². The number of benzene rings is 1. The summed E-state index contributed by atoms with van der Waals surface area (Å²) in [6.07, 6.45) is 0. The Bertz CT molecular complexity index is 606. The van der Waals surface area contributed by atoms with E-state index < -0.39 is 0 Å². The third-order valence-electron chi connectivity index (χ3n) is 3.02. The van der Waals surface area contributed by atoms with Gasteiger partial charge in [-0.25, -0.2) is 4.68 Å². The monoisotopic (exact) mass is 304 g/mol. The molecule has 0 N–H and O–H groups in total. The van der Waals surface area contributed by atoms with Gasteiger partial charge in [-0.05, 0) is 30.2 Å². The zero-order chi connectivity index (χ0) is 15.4. The molecule has 0 aliphatic rings. The summed E-state index contributed by atoms with van der Waals surface area (Å²) in [6, 6.07) is 7.64. The average Bonchev–Trinajstić information content (AvgIpc) is 2.85. The molecule has 0 bridgehead atoms. The molecule has 0 radical (unpaired) electrons. The molecule has 0 saturated heterocycles. The molecule has 1 unspecified atom stereocenters. The minimum atomic E-state index is -0.218. The minimum Gasteiger partial charge on any atom is -0.293 e. The summed E-state index contributed by atoms with van der Waals surface area (Å²) in [6.45, 7) is 8.86. The second-order valence-corrected chi connectivity index (χ2v) is 6.84. The topological polar surface area (TPSA) is 60.7 Å². The van der Waals surface area contributed by atoms with Crippen molar-refractivity contribution in [3.8, 4) is 0 Å². The van der Waals surface area contributed by atoms with Crippen LogP contribution in [0.1, 0.15) is 36.7 Å². The number of rotatable bonds is 6. The highest BCUT2D eigenvalue weighted by Crippen LogP contribution is 2.23. The molecule has 0 saturated carbocycles. The van der Waals surface area contributed by atoms with E-state index in [1.54, 1.807) is 4.68 Å². The number of nitrogens with zero attached hydrogens (tertiary/aromatic N) is 4. The van der Waals surface area contributed by atoms with Crippen LogP contribution in [0.25, 0.3) is 0 Å². The quantitative estimate of drug-likeness (QED) is 0.606. The summed E-state index contributed by atoms with van der Waals surface area (Å²) < 4.78 is 1.76. The van der Waals surface area contributed by atoms with Crippen LogP contribution in [-0.4, -0.2) is 31.2 Å². The lowest BCUT2D eigenvalue weighted by Crippen LogP contribution is -2.15. The molecule has 0 fully saturated rings. The molecule has 1 aromatic carbocycles. The second kappa shape index (κ2) is 6.85. The van der Waals surface area contributed by atoms with Crippen LogP contribution in [-0.2, 0) is 6.54 Å². The normalized spacial score (nSPS) is 12.6. The lowest BCUT2D eigenvalue weighted by molar-refractivity contribution is 0.0994. The molecule has 1 heterocycles. The van der Waals surface area contributed by atoms with Crippen LogP contribution in [0, 0.1) is 12.8 Å². The van der Waals surface area contributed by atoms with Crippen molar-refractivity contribution in [2.75, 3.05) is 0 Å². The highest BCUT2D eigenvalue weighted by Gasteiger charge is 2.20. The molecule has 0 aliphatic heterocycles. The Balaban J connectivity index is 2.07. The van der Waals surface area contributed by atoms with Crippen LogP contribution in [0.15, 0.2) is 29.4 Å². The number of thioether (sulfide) groups is 1. The van der Waals surface area contributed by atoms with Gasteiger partial charge in [0.25, 0.3) is 0 Å². The van der Waals surface area contributed by atoms with Gasteiger partial charge in [0, 0.05) is 12.1 Å². The molecule has 1 atom stereocenters. The van der Waals surface area contributed by atoms with Crippen LogP contribution >= 0.6 is 11.8 Å². The van der Waals surface area contributed by atoms with Gasteiger partial charge in [-0.1, -0.05) is 55.4 Å². The van der Waals surface area contributed by atoms with Gasteiger partial charge in [0.15, 0.2) is 5.78 Å². The van der Waals surface area contributed by atoms with E-state index in [-0.39, 0.29) is 11.0 Å². The van der Waals surface area contributed by atoms with Gasteiger partial charge in [-0.2, -0.15) is 0 Å². The first-order valence-electron chi connectivity index (χ1n) is 7.01. The maximum Gasteiger partial charge on any atom is 0.210 e.